The summed E-state index contributed by atoms with van der Waals surface area (Å²) in [5, 5.41) is 40.3. The van der Waals surface area contributed by atoms with E-state index in [0.717, 1.165) is 32.1 Å². The van der Waals surface area contributed by atoms with E-state index in [1.54, 1.807) is 0 Å². The van der Waals surface area contributed by atoms with Crippen LogP contribution < -0.4 is 0 Å². The molecule has 10 heteroatoms. The van der Waals surface area contributed by atoms with Crippen LogP contribution in [-0.4, -0.2) is 89.0 Å². The van der Waals surface area contributed by atoms with Crippen LogP contribution in [0.3, 0.4) is 0 Å². The Balaban J connectivity index is 2.17. The molecule has 71 heavy (non-hydrogen) atoms. The molecule has 0 spiro atoms. The molecule has 420 valence electrons. The number of aliphatic hydroxyl groups excluding tert-OH is 4. The molecule has 1 saturated heterocycles. The Kier molecular flexibility index (Phi) is 49.3. The first-order chi connectivity index (χ1) is 34.8. The lowest BCUT2D eigenvalue weighted by atomic mass is 9.99. The minimum absolute atomic E-state index is 0.188. The van der Waals surface area contributed by atoms with Gasteiger partial charge in [-0.05, 0) is 32.1 Å². The third kappa shape index (κ3) is 42.4. The molecule has 0 saturated carbocycles. The molecule has 0 aromatic rings. The van der Waals surface area contributed by atoms with Crippen molar-refractivity contribution < 1.29 is 49.0 Å². The van der Waals surface area contributed by atoms with Crippen LogP contribution in [0.25, 0.3) is 0 Å². The third-order valence-corrected chi connectivity index (χ3v) is 14.7. The number of carbonyl (C=O) groups excluding carboxylic acids is 2. The van der Waals surface area contributed by atoms with Crippen LogP contribution in [0.2, 0.25) is 0 Å². The summed E-state index contributed by atoms with van der Waals surface area (Å²) in [6.45, 7) is 3.48. The predicted molar refractivity (Wildman–Crippen MR) is 293 cm³/mol. The summed E-state index contributed by atoms with van der Waals surface area (Å²) in [5.74, 6) is -0.822. The van der Waals surface area contributed by atoms with Crippen LogP contribution in [0, 0.1) is 0 Å². The Morgan fingerprint density at radius 1 is 0.423 bits per heavy atom. The van der Waals surface area contributed by atoms with E-state index in [4.69, 9.17) is 18.9 Å². The molecule has 1 aliphatic heterocycles. The van der Waals surface area contributed by atoms with Gasteiger partial charge in [-0.3, -0.25) is 9.59 Å². The summed E-state index contributed by atoms with van der Waals surface area (Å²) in [6.07, 6.45) is 53.9. The number of hydrogen-bond donors (Lipinski definition) is 4. The maximum atomic E-state index is 12.9. The molecular formula is C61H116O10. The highest BCUT2D eigenvalue weighted by Gasteiger charge is 2.44. The Labute approximate surface area is 437 Å². The van der Waals surface area contributed by atoms with Gasteiger partial charge in [-0.25, -0.2) is 0 Å². The average molecular weight is 1010 g/mol. The van der Waals surface area contributed by atoms with Crippen LogP contribution in [0.4, 0.5) is 0 Å². The number of esters is 2. The second-order valence-electron chi connectivity index (χ2n) is 21.5. The van der Waals surface area contributed by atoms with Gasteiger partial charge in [0.05, 0.1) is 13.2 Å². The smallest absolute Gasteiger partial charge is 0.306 e. The van der Waals surface area contributed by atoms with Gasteiger partial charge in [-0.1, -0.05) is 276 Å². The summed E-state index contributed by atoms with van der Waals surface area (Å²) in [5.41, 5.74) is 0. The van der Waals surface area contributed by atoms with Crippen molar-refractivity contribution in [2.24, 2.45) is 0 Å². The summed E-state index contributed by atoms with van der Waals surface area (Å²) in [4.78, 5) is 25.6. The van der Waals surface area contributed by atoms with E-state index in [9.17, 15) is 30.0 Å². The van der Waals surface area contributed by atoms with Crippen LogP contribution >= 0.6 is 0 Å². The second kappa shape index (κ2) is 51.9. The Morgan fingerprint density at radius 3 is 1.14 bits per heavy atom. The quantitative estimate of drug-likeness (QED) is 0.0263. The number of hydrogen-bond acceptors (Lipinski definition) is 10. The largest absolute Gasteiger partial charge is 0.462 e. The van der Waals surface area contributed by atoms with Gasteiger partial charge >= 0.3 is 11.9 Å². The fourth-order valence-corrected chi connectivity index (χ4v) is 9.84. The van der Waals surface area contributed by atoms with Gasteiger partial charge in [-0.15, -0.1) is 0 Å². The van der Waals surface area contributed by atoms with Crippen molar-refractivity contribution in [3.63, 3.8) is 0 Å². The molecule has 1 aliphatic rings. The standard InChI is InChI=1S/C61H116O10/c1-3-5-7-9-11-13-15-17-19-21-23-25-27-29-31-33-35-37-39-41-43-45-47-49-56(63)68-52-54(53-69-61-60(67)59(66)58(65)55(51-62)71-61)70-57(64)50-48-46-44-42-40-38-36-34-32-30-28-26-24-22-20-18-16-14-12-10-8-6-4-2/h42,44,54-55,58-62,65-67H,3-41,43,45-53H2,1-2H3/b44-42+/t54-,55-,58+,59?,60?,61-/m0/s1. The highest BCUT2D eigenvalue weighted by molar-refractivity contribution is 5.70. The average Bonchev–Trinajstić information content (AvgIpc) is 3.37. The Hall–Kier alpha value is -1.56. The maximum Gasteiger partial charge on any atom is 0.306 e. The van der Waals surface area contributed by atoms with E-state index < -0.39 is 49.4 Å². The van der Waals surface area contributed by atoms with Gasteiger partial charge in [-0.2, -0.15) is 0 Å². The van der Waals surface area contributed by atoms with Gasteiger partial charge in [0, 0.05) is 12.8 Å². The molecule has 6 atom stereocenters. The molecule has 4 N–H and O–H groups in total. The fourth-order valence-electron chi connectivity index (χ4n) is 9.84. The van der Waals surface area contributed by atoms with Crippen molar-refractivity contribution in [2.45, 2.75) is 346 Å². The van der Waals surface area contributed by atoms with Gasteiger partial charge in [0.1, 0.15) is 31.0 Å². The number of rotatable bonds is 54. The van der Waals surface area contributed by atoms with Crippen molar-refractivity contribution in [1.82, 2.24) is 0 Å². The first-order valence-corrected chi connectivity index (χ1v) is 30.8. The molecule has 1 rings (SSSR count). The molecular weight excluding hydrogens is 893 g/mol. The third-order valence-electron chi connectivity index (χ3n) is 14.7. The van der Waals surface area contributed by atoms with Gasteiger partial charge in [0.25, 0.3) is 0 Å². The first-order valence-electron chi connectivity index (χ1n) is 30.8. The summed E-state index contributed by atoms with van der Waals surface area (Å²) in [6, 6.07) is 0. The lowest BCUT2D eigenvalue weighted by molar-refractivity contribution is -0.305. The van der Waals surface area contributed by atoms with E-state index >= 15 is 0 Å². The highest BCUT2D eigenvalue weighted by atomic mass is 16.7. The molecule has 1 heterocycles. The molecule has 0 amide bonds. The van der Waals surface area contributed by atoms with Crippen molar-refractivity contribution in [1.29, 1.82) is 0 Å². The monoisotopic (exact) mass is 1010 g/mol. The minimum Gasteiger partial charge on any atom is -0.462 e. The van der Waals surface area contributed by atoms with Crippen LogP contribution in [-0.2, 0) is 28.5 Å². The lowest BCUT2D eigenvalue weighted by Gasteiger charge is -2.39. The molecule has 0 radical (unpaired) electrons. The maximum absolute atomic E-state index is 12.9. The number of carbonyl (C=O) groups is 2. The van der Waals surface area contributed by atoms with Crippen molar-refractivity contribution >= 4 is 11.9 Å². The molecule has 0 bridgehead atoms. The van der Waals surface area contributed by atoms with E-state index in [-0.39, 0.29) is 32.0 Å². The van der Waals surface area contributed by atoms with Gasteiger partial charge in [0.15, 0.2) is 12.4 Å². The Bertz CT molecular complexity index is 1160. The number of allylic oxidation sites excluding steroid dienone is 2. The predicted octanol–water partition coefficient (Wildman–Crippen LogP) is 15.8. The summed E-state index contributed by atoms with van der Waals surface area (Å²) >= 11 is 0. The van der Waals surface area contributed by atoms with Crippen LogP contribution in [0.15, 0.2) is 12.2 Å². The second-order valence-corrected chi connectivity index (χ2v) is 21.5. The molecule has 0 aromatic heterocycles. The summed E-state index contributed by atoms with van der Waals surface area (Å²) < 4.78 is 22.3. The number of ether oxygens (including phenoxy) is 4. The topological polar surface area (TPSA) is 152 Å². The van der Waals surface area contributed by atoms with Gasteiger partial charge in [0.2, 0.25) is 0 Å². The first kappa shape index (κ1) is 67.5. The summed E-state index contributed by atoms with van der Waals surface area (Å²) in [7, 11) is 0. The zero-order valence-electron chi connectivity index (χ0n) is 46.5. The van der Waals surface area contributed by atoms with Crippen molar-refractivity contribution in [3.8, 4) is 0 Å². The highest BCUT2D eigenvalue weighted by Crippen LogP contribution is 2.23. The van der Waals surface area contributed by atoms with Crippen molar-refractivity contribution in [2.75, 3.05) is 19.8 Å². The molecule has 1 fully saturated rings. The SMILES string of the molecule is CCCCCCCCCCCCCCCCCCCC/C=C/CCCC(=O)O[C@@H](COC(=O)CCCCCCCCCCCCCCCCCCCCCCCCC)CO[C@H]1O[C@@H](CO)[C@@H](O)C(O)C1O. The lowest BCUT2D eigenvalue weighted by Crippen LogP contribution is -2.59. The molecule has 2 unspecified atom stereocenters. The van der Waals surface area contributed by atoms with Crippen molar-refractivity contribution in [3.05, 3.63) is 12.2 Å². The van der Waals surface area contributed by atoms with Gasteiger partial charge < -0.3 is 39.4 Å². The van der Waals surface area contributed by atoms with Crippen LogP contribution in [0.1, 0.15) is 309 Å². The zero-order valence-corrected chi connectivity index (χ0v) is 46.5. The van der Waals surface area contributed by atoms with Crippen LogP contribution in [0.5, 0.6) is 0 Å². The normalized spacial score (nSPS) is 18.6. The minimum atomic E-state index is -1.60. The van der Waals surface area contributed by atoms with E-state index in [2.05, 4.69) is 26.0 Å². The Morgan fingerprint density at radius 2 is 0.761 bits per heavy atom. The number of aliphatic hydroxyl groups is 4. The van der Waals surface area contributed by atoms with E-state index in [1.807, 2.05) is 0 Å². The zero-order chi connectivity index (χ0) is 51.5. The fraction of sp³-hybridized carbons (Fsp3) is 0.934. The number of unbranched alkanes of at least 4 members (excludes halogenated alkanes) is 41. The molecule has 0 aromatic carbocycles. The van der Waals surface area contributed by atoms with E-state index in [1.165, 1.54) is 244 Å². The van der Waals surface area contributed by atoms with E-state index in [0.29, 0.717) is 6.42 Å². The molecule has 0 aliphatic carbocycles. The molecule has 10 nitrogen and oxygen atoms in total.